The third kappa shape index (κ3) is 3.26. The van der Waals surface area contributed by atoms with Gasteiger partial charge in [-0.05, 0) is 42.0 Å². The van der Waals surface area contributed by atoms with Gasteiger partial charge in [0.2, 0.25) is 0 Å². The Morgan fingerprint density at radius 2 is 1.61 bits per heavy atom. The number of halogens is 1. The molecule has 0 saturated heterocycles. The third-order valence-corrected chi connectivity index (χ3v) is 3.46. The first-order valence-corrected chi connectivity index (χ1v) is 6.72. The highest BCUT2D eigenvalue weighted by atomic mass is 79.9. The standard InChI is InChI=1S/C15H17BrN2/c1-17-14-7-3-12(4-8-14)11-18(2)15-9-5-13(16)6-10-15/h3-10,17H,11H2,1-2H3. The minimum Gasteiger partial charge on any atom is -0.388 e. The lowest BCUT2D eigenvalue weighted by Crippen LogP contribution is -2.16. The first-order valence-electron chi connectivity index (χ1n) is 5.92. The number of benzene rings is 2. The molecule has 0 aliphatic heterocycles. The highest BCUT2D eigenvalue weighted by Gasteiger charge is 2.02. The van der Waals surface area contributed by atoms with Crippen molar-refractivity contribution in [3.63, 3.8) is 0 Å². The Bertz CT molecular complexity index is 491. The maximum absolute atomic E-state index is 3.45. The molecule has 0 aromatic heterocycles. The molecule has 1 N–H and O–H groups in total. The molecule has 0 amide bonds. The Balaban J connectivity index is 2.05. The van der Waals surface area contributed by atoms with Gasteiger partial charge in [-0.25, -0.2) is 0 Å². The molecular formula is C15H17BrN2. The van der Waals surface area contributed by atoms with E-state index in [1.807, 2.05) is 7.05 Å². The second kappa shape index (κ2) is 5.91. The topological polar surface area (TPSA) is 15.3 Å². The molecule has 3 heteroatoms. The van der Waals surface area contributed by atoms with Gasteiger partial charge < -0.3 is 10.2 Å². The van der Waals surface area contributed by atoms with E-state index in [9.17, 15) is 0 Å². The van der Waals surface area contributed by atoms with E-state index < -0.39 is 0 Å². The van der Waals surface area contributed by atoms with Crippen molar-refractivity contribution in [1.29, 1.82) is 0 Å². The van der Waals surface area contributed by atoms with Crippen LogP contribution in [0.1, 0.15) is 5.56 Å². The van der Waals surface area contributed by atoms with Crippen LogP contribution in [0.3, 0.4) is 0 Å². The zero-order chi connectivity index (χ0) is 13.0. The largest absolute Gasteiger partial charge is 0.388 e. The van der Waals surface area contributed by atoms with E-state index in [0.29, 0.717) is 0 Å². The van der Waals surface area contributed by atoms with Crippen LogP contribution >= 0.6 is 15.9 Å². The van der Waals surface area contributed by atoms with Crippen LogP contribution in [-0.2, 0) is 6.54 Å². The SMILES string of the molecule is CNc1ccc(CN(C)c2ccc(Br)cc2)cc1. The van der Waals surface area contributed by atoms with Crippen LogP contribution in [0, 0.1) is 0 Å². The minimum atomic E-state index is 0.908. The monoisotopic (exact) mass is 304 g/mol. The summed E-state index contributed by atoms with van der Waals surface area (Å²) in [4.78, 5) is 2.24. The van der Waals surface area contributed by atoms with E-state index in [4.69, 9.17) is 0 Å². The van der Waals surface area contributed by atoms with Crippen LogP contribution in [0.4, 0.5) is 11.4 Å². The fourth-order valence-corrected chi connectivity index (χ4v) is 2.10. The normalized spacial score (nSPS) is 10.2. The van der Waals surface area contributed by atoms with E-state index in [0.717, 1.165) is 16.7 Å². The number of nitrogens with one attached hydrogen (secondary N) is 1. The number of anilines is 2. The lowest BCUT2D eigenvalue weighted by atomic mass is 10.2. The molecule has 18 heavy (non-hydrogen) atoms. The third-order valence-electron chi connectivity index (χ3n) is 2.93. The molecule has 0 aliphatic rings. The summed E-state index contributed by atoms with van der Waals surface area (Å²) in [6, 6.07) is 16.9. The van der Waals surface area contributed by atoms with Crippen LogP contribution in [0.15, 0.2) is 53.0 Å². The van der Waals surface area contributed by atoms with Gasteiger partial charge in [-0.2, -0.15) is 0 Å². The van der Waals surface area contributed by atoms with E-state index >= 15 is 0 Å². The number of rotatable bonds is 4. The highest BCUT2D eigenvalue weighted by Crippen LogP contribution is 2.19. The summed E-state index contributed by atoms with van der Waals surface area (Å²) >= 11 is 3.45. The molecule has 0 atom stereocenters. The maximum Gasteiger partial charge on any atom is 0.0426 e. The average molecular weight is 305 g/mol. The van der Waals surface area contributed by atoms with Crippen molar-refractivity contribution in [3.05, 3.63) is 58.6 Å². The lowest BCUT2D eigenvalue weighted by Gasteiger charge is -2.19. The molecule has 2 aromatic carbocycles. The van der Waals surface area contributed by atoms with Crippen molar-refractivity contribution < 1.29 is 0 Å². The van der Waals surface area contributed by atoms with Gasteiger partial charge in [0.1, 0.15) is 0 Å². The molecule has 0 aliphatic carbocycles. The van der Waals surface area contributed by atoms with Crippen LogP contribution < -0.4 is 10.2 Å². The highest BCUT2D eigenvalue weighted by molar-refractivity contribution is 9.10. The van der Waals surface area contributed by atoms with Gasteiger partial charge in [-0.3, -0.25) is 0 Å². The smallest absolute Gasteiger partial charge is 0.0426 e. The summed E-state index contributed by atoms with van der Waals surface area (Å²) in [5, 5.41) is 3.13. The first-order chi connectivity index (χ1) is 8.69. The van der Waals surface area contributed by atoms with Crippen molar-refractivity contribution in [3.8, 4) is 0 Å². The van der Waals surface area contributed by atoms with Crippen molar-refractivity contribution in [2.45, 2.75) is 6.54 Å². The number of nitrogens with zero attached hydrogens (tertiary/aromatic N) is 1. The molecular weight excluding hydrogens is 288 g/mol. The summed E-state index contributed by atoms with van der Waals surface area (Å²) in [7, 11) is 4.04. The Morgan fingerprint density at radius 3 is 2.17 bits per heavy atom. The summed E-state index contributed by atoms with van der Waals surface area (Å²) < 4.78 is 1.11. The second-order valence-electron chi connectivity index (χ2n) is 4.28. The molecule has 0 radical (unpaired) electrons. The zero-order valence-corrected chi connectivity index (χ0v) is 12.2. The van der Waals surface area contributed by atoms with Crippen molar-refractivity contribution in [2.75, 3.05) is 24.3 Å². The van der Waals surface area contributed by atoms with Gasteiger partial charge in [0.25, 0.3) is 0 Å². The van der Waals surface area contributed by atoms with E-state index in [1.165, 1.54) is 11.3 Å². The van der Waals surface area contributed by atoms with E-state index in [1.54, 1.807) is 0 Å². The fourth-order valence-electron chi connectivity index (χ4n) is 1.84. The molecule has 2 nitrogen and oxygen atoms in total. The van der Waals surface area contributed by atoms with Gasteiger partial charge in [-0.15, -0.1) is 0 Å². The van der Waals surface area contributed by atoms with Gasteiger partial charge in [0.15, 0.2) is 0 Å². The summed E-state index contributed by atoms with van der Waals surface area (Å²) in [6.45, 7) is 0.908. The molecule has 0 saturated carbocycles. The van der Waals surface area contributed by atoms with Crippen molar-refractivity contribution in [2.24, 2.45) is 0 Å². The Hall–Kier alpha value is -1.48. The molecule has 0 spiro atoms. The molecule has 0 heterocycles. The molecule has 0 fully saturated rings. The quantitative estimate of drug-likeness (QED) is 0.914. The van der Waals surface area contributed by atoms with Crippen LogP contribution in [0.2, 0.25) is 0 Å². The average Bonchev–Trinajstić information content (AvgIpc) is 2.40. The number of hydrogen-bond acceptors (Lipinski definition) is 2. The molecule has 94 valence electrons. The van der Waals surface area contributed by atoms with Crippen LogP contribution in [0.25, 0.3) is 0 Å². The van der Waals surface area contributed by atoms with Gasteiger partial charge in [0.05, 0.1) is 0 Å². The Labute approximate surface area is 117 Å². The van der Waals surface area contributed by atoms with Gasteiger partial charge in [0, 0.05) is 36.5 Å². The maximum atomic E-state index is 3.45. The van der Waals surface area contributed by atoms with E-state index in [-0.39, 0.29) is 0 Å². The lowest BCUT2D eigenvalue weighted by molar-refractivity contribution is 0.923. The summed E-state index contributed by atoms with van der Waals surface area (Å²) in [5.74, 6) is 0. The van der Waals surface area contributed by atoms with Crippen LogP contribution in [-0.4, -0.2) is 14.1 Å². The molecule has 2 aromatic rings. The van der Waals surface area contributed by atoms with Gasteiger partial charge in [-0.1, -0.05) is 28.1 Å². The van der Waals surface area contributed by atoms with Gasteiger partial charge >= 0.3 is 0 Å². The minimum absolute atomic E-state index is 0.908. The summed E-state index contributed by atoms with van der Waals surface area (Å²) in [6.07, 6.45) is 0. The van der Waals surface area contributed by atoms with E-state index in [2.05, 4.69) is 81.7 Å². The Morgan fingerprint density at radius 1 is 1.00 bits per heavy atom. The predicted molar refractivity (Wildman–Crippen MR) is 82.2 cm³/mol. The fraction of sp³-hybridized carbons (Fsp3) is 0.200. The van der Waals surface area contributed by atoms with Crippen molar-refractivity contribution in [1.82, 2.24) is 0 Å². The number of hydrogen-bond donors (Lipinski definition) is 1. The van der Waals surface area contributed by atoms with Crippen molar-refractivity contribution >= 4 is 27.3 Å². The summed E-state index contributed by atoms with van der Waals surface area (Å²) in [5.41, 5.74) is 3.67. The zero-order valence-electron chi connectivity index (χ0n) is 10.7. The second-order valence-corrected chi connectivity index (χ2v) is 5.20. The van der Waals surface area contributed by atoms with Crippen LogP contribution in [0.5, 0.6) is 0 Å². The molecule has 0 unspecified atom stereocenters. The molecule has 0 bridgehead atoms. The predicted octanol–water partition coefficient (Wildman–Crippen LogP) is 4.13. The Kier molecular flexibility index (Phi) is 4.26. The first kappa shape index (κ1) is 13.0. The molecule has 2 rings (SSSR count).